The quantitative estimate of drug-likeness (QED) is 0.730. The van der Waals surface area contributed by atoms with Crippen LogP contribution in [0.15, 0.2) is 0 Å². The number of piperidine rings is 1. The van der Waals surface area contributed by atoms with Gasteiger partial charge < -0.3 is 15.3 Å². The minimum absolute atomic E-state index is 0.237. The molecule has 0 aliphatic carbocycles. The number of aliphatic hydroxyl groups excluding tert-OH is 1. The van der Waals surface area contributed by atoms with Gasteiger partial charge in [-0.05, 0) is 44.7 Å². The average molecular weight is 226 g/mol. The number of aliphatic hydroxyl groups is 1. The van der Waals surface area contributed by atoms with Gasteiger partial charge in [-0.3, -0.25) is 4.79 Å². The fraction of sp³-hybridized carbons (Fsp3) is 0.917. The molecule has 0 aromatic heterocycles. The van der Waals surface area contributed by atoms with Crippen molar-refractivity contribution in [2.45, 2.75) is 38.7 Å². The molecule has 0 radical (unpaired) electrons. The SMILES string of the molecule is CC(O)CCN1CC2(CCNCC2)CC1=O. The van der Waals surface area contributed by atoms with Crippen molar-refractivity contribution in [3.63, 3.8) is 0 Å². The molecule has 2 N–H and O–H groups in total. The van der Waals surface area contributed by atoms with E-state index < -0.39 is 0 Å². The van der Waals surface area contributed by atoms with E-state index in [1.165, 1.54) is 0 Å². The number of carbonyl (C=O) groups is 1. The van der Waals surface area contributed by atoms with Gasteiger partial charge in [0.25, 0.3) is 0 Å². The largest absolute Gasteiger partial charge is 0.393 e. The number of nitrogens with zero attached hydrogens (tertiary/aromatic N) is 1. The first-order valence-electron chi connectivity index (χ1n) is 6.28. The highest BCUT2D eigenvalue weighted by atomic mass is 16.3. The van der Waals surface area contributed by atoms with Crippen molar-refractivity contribution in [2.75, 3.05) is 26.2 Å². The molecule has 1 spiro atoms. The van der Waals surface area contributed by atoms with Gasteiger partial charge in [-0.1, -0.05) is 0 Å². The van der Waals surface area contributed by atoms with Gasteiger partial charge in [0.1, 0.15) is 0 Å². The smallest absolute Gasteiger partial charge is 0.223 e. The summed E-state index contributed by atoms with van der Waals surface area (Å²) in [6.07, 6.45) is 3.33. The second kappa shape index (κ2) is 4.72. The van der Waals surface area contributed by atoms with Crippen LogP contribution in [-0.4, -0.2) is 48.2 Å². The van der Waals surface area contributed by atoms with Crippen molar-refractivity contribution >= 4 is 5.91 Å². The van der Waals surface area contributed by atoms with E-state index in [1.54, 1.807) is 6.92 Å². The van der Waals surface area contributed by atoms with Crippen LogP contribution >= 0.6 is 0 Å². The molecule has 2 saturated heterocycles. The van der Waals surface area contributed by atoms with Gasteiger partial charge in [-0.25, -0.2) is 0 Å². The number of hydrogen-bond acceptors (Lipinski definition) is 3. The number of carbonyl (C=O) groups excluding carboxylic acids is 1. The lowest BCUT2D eigenvalue weighted by atomic mass is 9.78. The van der Waals surface area contributed by atoms with Gasteiger partial charge in [0.2, 0.25) is 5.91 Å². The molecule has 1 unspecified atom stereocenters. The maximum Gasteiger partial charge on any atom is 0.223 e. The van der Waals surface area contributed by atoms with Crippen LogP contribution in [0.1, 0.15) is 32.6 Å². The van der Waals surface area contributed by atoms with Crippen LogP contribution in [-0.2, 0) is 4.79 Å². The number of likely N-dealkylation sites (tertiary alicyclic amines) is 1. The molecule has 2 heterocycles. The summed E-state index contributed by atoms with van der Waals surface area (Å²) >= 11 is 0. The lowest BCUT2D eigenvalue weighted by molar-refractivity contribution is -0.128. The predicted octanol–water partition coefficient (Wildman–Crippen LogP) is 0.359. The van der Waals surface area contributed by atoms with E-state index in [2.05, 4.69) is 5.32 Å². The normalized spacial score (nSPS) is 26.4. The summed E-state index contributed by atoms with van der Waals surface area (Å²) in [5.74, 6) is 0.280. The molecule has 0 saturated carbocycles. The average Bonchev–Trinajstić information content (AvgIpc) is 2.53. The molecule has 92 valence electrons. The molecule has 1 atom stereocenters. The molecular formula is C12H22N2O2. The zero-order valence-corrected chi connectivity index (χ0v) is 10.0. The molecule has 16 heavy (non-hydrogen) atoms. The van der Waals surface area contributed by atoms with Crippen LogP contribution < -0.4 is 5.32 Å². The lowest BCUT2D eigenvalue weighted by Gasteiger charge is -2.33. The maximum absolute atomic E-state index is 11.9. The van der Waals surface area contributed by atoms with E-state index in [0.717, 1.165) is 32.5 Å². The fourth-order valence-corrected chi connectivity index (χ4v) is 2.82. The van der Waals surface area contributed by atoms with Crippen LogP contribution in [0.5, 0.6) is 0 Å². The molecule has 2 fully saturated rings. The topological polar surface area (TPSA) is 52.6 Å². The van der Waals surface area contributed by atoms with Crippen LogP contribution in [0.25, 0.3) is 0 Å². The van der Waals surface area contributed by atoms with Gasteiger partial charge in [-0.2, -0.15) is 0 Å². The van der Waals surface area contributed by atoms with E-state index in [9.17, 15) is 9.90 Å². The Morgan fingerprint density at radius 1 is 1.50 bits per heavy atom. The summed E-state index contributed by atoms with van der Waals surface area (Å²) in [6.45, 7) is 5.47. The van der Waals surface area contributed by atoms with E-state index >= 15 is 0 Å². The molecular weight excluding hydrogens is 204 g/mol. The number of nitrogens with one attached hydrogen (secondary N) is 1. The summed E-state index contributed by atoms with van der Waals surface area (Å²) < 4.78 is 0. The van der Waals surface area contributed by atoms with Crippen LogP contribution in [0.3, 0.4) is 0 Å². The minimum atomic E-state index is -0.308. The van der Waals surface area contributed by atoms with Crippen molar-refractivity contribution in [3.8, 4) is 0 Å². The van der Waals surface area contributed by atoms with E-state index in [1.807, 2.05) is 4.90 Å². The Morgan fingerprint density at radius 2 is 2.19 bits per heavy atom. The molecule has 2 aliphatic heterocycles. The Kier molecular flexibility index (Phi) is 3.50. The Hall–Kier alpha value is -0.610. The van der Waals surface area contributed by atoms with Crippen molar-refractivity contribution < 1.29 is 9.90 Å². The Balaban J connectivity index is 1.90. The summed E-state index contributed by atoms with van der Waals surface area (Å²) in [5, 5.41) is 12.6. The first-order valence-corrected chi connectivity index (χ1v) is 6.28. The van der Waals surface area contributed by atoms with E-state index in [4.69, 9.17) is 0 Å². The minimum Gasteiger partial charge on any atom is -0.393 e. The van der Waals surface area contributed by atoms with Gasteiger partial charge in [0.15, 0.2) is 0 Å². The molecule has 0 aromatic carbocycles. The van der Waals surface area contributed by atoms with Crippen LogP contribution in [0, 0.1) is 5.41 Å². The molecule has 1 amide bonds. The molecule has 4 heteroatoms. The van der Waals surface area contributed by atoms with Gasteiger partial charge in [-0.15, -0.1) is 0 Å². The molecule has 0 aromatic rings. The third-order valence-corrected chi connectivity index (χ3v) is 3.89. The van der Waals surface area contributed by atoms with Gasteiger partial charge in [0.05, 0.1) is 6.10 Å². The summed E-state index contributed by atoms with van der Waals surface area (Å²) in [5.41, 5.74) is 0.237. The van der Waals surface area contributed by atoms with Crippen LogP contribution in [0.4, 0.5) is 0 Å². The summed E-state index contributed by atoms with van der Waals surface area (Å²) in [7, 11) is 0. The molecule has 0 bridgehead atoms. The monoisotopic (exact) mass is 226 g/mol. The third-order valence-electron chi connectivity index (χ3n) is 3.89. The van der Waals surface area contributed by atoms with E-state index in [0.29, 0.717) is 19.4 Å². The maximum atomic E-state index is 11.9. The highest BCUT2D eigenvalue weighted by Gasteiger charge is 2.43. The predicted molar refractivity (Wildman–Crippen MR) is 62.0 cm³/mol. The highest BCUT2D eigenvalue weighted by Crippen LogP contribution is 2.39. The van der Waals surface area contributed by atoms with E-state index in [-0.39, 0.29) is 17.4 Å². The lowest BCUT2D eigenvalue weighted by Crippen LogP contribution is -2.39. The zero-order valence-electron chi connectivity index (χ0n) is 10.0. The second-order valence-electron chi connectivity index (χ2n) is 5.38. The standard InChI is InChI=1S/C12H22N2O2/c1-10(15)2-7-14-9-12(8-11(14)16)3-5-13-6-4-12/h10,13,15H,2-9H2,1H3. The summed E-state index contributed by atoms with van der Waals surface area (Å²) in [4.78, 5) is 13.8. The Morgan fingerprint density at radius 3 is 2.81 bits per heavy atom. The van der Waals surface area contributed by atoms with Crippen molar-refractivity contribution in [1.82, 2.24) is 10.2 Å². The summed E-state index contributed by atoms with van der Waals surface area (Å²) in [6, 6.07) is 0. The molecule has 2 aliphatic rings. The van der Waals surface area contributed by atoms with Crippen molar-refractivity contribution in [2.24, 2.45) is 5.41 Å². The Labute approximate surface area is 97.0 Å². The number of rotatable bonds is 3. The number of amides is 1. The number of hydrogen-bond donors (Lipinski definition) is 2. The zero-order chi connectivity index (χ0) is 11.6. The Bertz CT molecular complexity index is 260. The first kappa shape index (κ1) is 11.9. The molecule has 2 rings (SSSR count). The van der Waals surface area contributed by atoms with Crippen molar-refractivity contribution in [1.29, 1.82) is 0 Å². The van der Waals surface area contributed by atoms with Gasteiger partial charge in [0, 0.05) is 19.5 Å². The van der Waals surface area contributed by atoms with Crippen molar-refractivity contribution in [3.05, 3.63) is 0 Å². The second-order valence-corrected chi connectivity index (χ2v) is 5.38. The fourth-order valence-electron chi connectivity index (χ4n) is 2.82. The van der Waals surface area contributed by atoms with Crippen LogP contribution in [0.2, 0.25) is 0 Å². The molecule has 4 nitrogen and oxygen atoms in total. The first-order chi connectivity index (χ1) is 7.61. The highest BCUT2D eigenvalue weighted by molar-refractivity contribution is 5.79. The van der Waals surface area contributed by atoms with Gasteiger partial charge >= 0.3 is 0 Å². The third kappa shape index (κ3) is 2.55.